The molecular weight excluding hydrogens is 552 g/mol. The van der Waals surface area contributed by atoms with Crippen LogP contribution in [0.15, 0.2) is 167 Å². The van der Waals surface area contributed by atoms with Gasteiger partial charge in [-0.2, -0.15) is 0 Å². The summed E-state index contributed by atoms with van der Waals surface area (Å²) in [5.41, 5.74) is 9.58. The first-order chi connectivity index (χ1) is 22.3. The molecule has 0 bridgehead atoms. The number of rotatable bonds is 5. The van der Waals surface area contributed by atoms with Crippen molar-refractivity contribution in [1.29, 1.82) is 0 Å². The van der Waals surface area contributed by atoms with Gasteiger partial charge in [0.15, 0.2) is 5.58 Å². The van der Waals surface area contributed by atoms with Crippen molar-refractivity contribution in [2.75, 3.05) is 4.90 Å². The predicted molar refractivity (Wildman–Crippen MR) is 184 cm³/mol. The maximum Gasteiger partial charge on any atom is 0.227 e. The monoisotopic (exact) mass is 578 g/mol. The number of nitrogens with zero attached hydrogens (tertiary/aromatic N) is 2. The molecule has 2 aromatic heterocycles. The van der Waals surface area contributed by atoms with Gasteiger partial charge < -0.3 is 13.7 Å². The number of anilines is 3. The summed E-state index contributed by atoms with van der Waals surface area (Å²) in [6.45, 7) is 0. The minimum absolute atomic E-state index is 0.606. The van der Waals surface area contributed by atoms with Crippen LogP contribution in [0.25, 0.3) is 66.4 Å². The summed E-state index contributed by atoms with van der Waals surface area (Å²) in [4.78, 5) is 7.07. The molecule has 0 aliphatic rings. The molecule has 0 atom stereocenters. The van der Waals surface area contributed by atoms with Crippen LogP contribution in [0.5, 0.6) is 0 Å². The molecule has 0 spiro atoms. The number of furan rings is 1. The van der Waals surface area contributed by atoms with E-state index in [9.17, 15) is 0 Å². The Bertz CT molecular complexity index is 2480. The molecule has 7 aromatic carbocycles. The maximum atomic E-state index is 6.47. The first-order valence-electron chi connectivity index (χ1n) is 15.0. The molecule has 0 fully saturated rings. The number of hydrogen-bond donors (Lipinski definition) is 0. The number of benzene rings is 7. The maximum absolute atomic E-state index is 6.47. The van der Waals surface area contributed by atoms with Crippen molar-refractivity contribution in [1.82, 2.24) is 4.98 Å². The summed E-state index contributed by atoms with van der Waals surface area (Å²) in [6, 6.07) is 54.7. The number of aromatic nitrogens is 1. The third-order valence-electron chi connectivity index (χ3n) is 8.47. The van der Waals surface area contributed by atoms with Crippen molar-refractivity contribution in [2.45, 2.75) is 0 Å². The SMILES string of the molecule is c1ccc(-c2ccc(N(c3ccc4ccccc4c3)c3ccc4c(c3)oc3cc5oc(-c6ccccc6)nc5cc34)cc2)cc1. The van der Waals surface area contributed by atoms with Crippen LogP contribution in [0, 0.1) is 0 Å². The van der Waals surface area contributed by atoms with E-state index in [1.165, 1.54) is 21.9 Å². The van der Waals surface area contributed by atoms with E-state index in [2.05, 4.69) is 120 Å². The van der Waals surface area contributed by atoms with Crippen molar-refractivity contribution < 1.29 is 8.83 Å². The zero-order valence-electron chi connectivity index (χ0n) is 24.2. The van der Waals surface area contributed by atoms with Crippen LogP contribution in [0.4, 0.5) is 17.1 Å². The molecule has 0 aliphatic carbocycles. The predicted octanol–water partition coefficient (Wildman–Crippen LogP) is 11.7. The number of oxazole rings is 1. The lowest BCUT2D eigenvalue weighted by Crippen LogP contribution is -2.09. The van der Waals surface area contributed by atoms with Crippen LogP contribution in [-0.4, -0.2) is 4.98 Å². The Kier molecular flexibility index (Phi) is 5.78. The Labute approximate surface area is 259 Å². The van der Waals surface area contributed by atoms with Crippen LogP contribution in [0.2, 0.25) is 0 Å². The standard InChI is InChI=1S/C41H26N2O2/c1-3-9-27(10-4-1)29-15-18-32(19-16-29)43(33-20-17-28-11-7-8-14-31(28)23-33)34-21-22-35-36-25-37-40(26-39(36)44-38(35)24-34)45-41(42-37)30-12-5-2-6-13-30/h1-26H. The van der Waals surface area contributed by atoms with Crippen molar-refractivity contribution in [2.24, 2.45) is 0 Å². The van der Waals surface area contributed by atoms with Crippen molar-refractivity contribution in [3.63, 3.8) is 0 Å². The van der Waals surface area contributed by atoms with Gasteiger partial charge in [0.25, 0.3) is 0 Å². The molecule has 4 heteroatoms. The Morgan fingerprint density at radius 2 is 1.02 bits per heavy atom. The van der Waals surface area contributed by atoms with Crippen molar-refractivity contribution >= 4 is 60.9 Å². The molecular formula is C41H26N2O2. The smallest absolute Gasteiger partial charge is 0.227 e. The lowest BCUT2D eigenvalue weighted by molar-refractivity contribution is 0.617. The third kappa shape index (κ3) is 4.43. The zero-order chi connectivity index (χ0) is 29.7. The second kappa shape index (κ2) is 10.2. The van der Waals surface area contributed by atoms with Crippen LogP contribution in [-0.2, 0) is 0 Å². The van der Waals surface area contributed by atoms with Gasteiger partial charge in [-0.3, -0.25) is 0 Å². The number of hydrogen-bond acceptors (Lipinski definition) is 4. The van der Waals surface area contributed by atoms with Gasteiger partial charge in [-0.15, -0.1) is 0 Å². The average Bonchev–Trinajstić information content (AvgIpc) is 3.68. The van der Waals surface area contributed by atoms with Crippen LogP contribution in [0.1, 0.15) is 0 Å². The average molecular weight is 579 g/mol. The van der Waals surface area contributed by atoms with Crippen LogP contribution < -0.4 is 4.90 Å². The molecule has 212 valence electrons. The quantitative estimate of drug-likeness (QED) is 0.204. The van der Waals surface area contributed by atoms with Gasteiger partial charge in [-0.25, -0.2) is 4.98 Å². The molecule has 0 amide bonds. The zero-order valence-corrected chi connectivity index (χ0v) is 24.2. The minimum Gasteiger partial charge on any atom is -0.456 e. The fourth-order valence-electron chi connectivity index (χ4n) is 6.23. The molecule has 0 N–H and O–H groups in total. The van der Waals surface area contributed by atoms with Crippen molar-refractivity contribution in [3.8, 4) is 22.6 Å². The normalized spacial score (nSPS) is 11.6. The molecule has 0 radical (unpaired) electrons. The fourth-order valence-corrected chi connectivity index (χ4v) is 6.23. The molecule has 4 nitrogen and oxygen atoms in total. The summed E-state index contributed by atoms with van der Waals surface area (Å²) in [6.07, 6.45) is 0. The highest BCUT2D eigenvalue weighted by Gasteiger charge is 2.18. The van der Waals surface area contributed by atoms with Gasteiger partial charge in [0, 0.05) is 45.5 Å². The minimum atomic E-state index is 0.606. The third-order valence-corrected chi connectivity index (χ3v) is 8.47. The summed E-state index contributed by atoms with van der Waals surface area (Å²) in [5, 5.41) is 4.46. The topological polar surface area (TPSA) is 42.4 Å². The molecule has 9 aromatic rings. The summed E-state index contributed by atoms with van der Waals surface area (Å²) in [7, 11) is 0. The molecule has 0 saturated heterocycles. The summed E-state index contributed by atoms with van der Waals surface area (Å²) in [5.74, 6) is 0.606. The molecule has 2 heterocycles. The van der Waals surface area contributed by atoms with Gasteiger partial charge in [0.2, 0.25) is 5.89 Å². The largest absolute Gasteiger partial charge is 0.456 e. The fraction of sp³-hybridized carbons (Fsp3) is 0. The Balaban J connectivity index is 1.17. The van der Waals surface area contributed by atoms with E-state index in [4.69, 9.17) is 13.8 Å². The van der Waals surface area contributed by atoms with Crippen LogP contribution in [0.3, 0.4) is 0 Å². The molecule has 0 unspecified atom stereocenters. The van der Waals surface area contributed by atoms with Gasteiger partial charge in [0.05, 0.1) is 0 Å². The second-order valence-electron chi connectivity index (χ2n) is 11.3. The molecule has 0 saturated carbocycles. The van der Waals surface area contributed by atoms with Crippen LogP contribution >= 0.6 is 0 Å². The van der Waals surface area contributed by atoms with E-state index in [-0.39, 0.29) is 0 Å². The van der Waals surface area contributed by atoms with E-state index in [1.807, 2.05) is 42.5 Å². The molecule has 9 rings (SSSR count). The highest BCUT2D eigenvalue weighted by Crippen LogP contribution is 2.41. The lowest BCUT2D eigenvalue weighted by Gasteiger charge is -2.26. The summed E-state index contributed by atoms with van der Waals surface area (Å²) >= 11 is 0. The Hall–Kier alpha value is -6.13. The highest BCUT2D eigenvalue weighted by atomic mass is 16.4. The highest BCUT2D eigenvalue weighted by molar-refractivity contribution is 6.10. The first-order valence-corrected chi connectivity index (χ1v) is 15.0. The van der Waals surface area contributed by atoms with Gasteiger partial charge in [0.1, 0.15) is 16.7 Å². The number of fused-ring (bicyclic) bond motifs is 5. The Morgan fingerprint density at radius 1 is 0.400 bits per heavy atom. The van der Waals surface area contributed by atoms with Gasteiger partial charge in [-0.1, -0.05) is 91.0 Å². The van der Waals surface area contributed by atoms with E-state index in [0.29, 0.717) is 11.5 Å². The van der Waals surface area contributed by atoms with E-state index in [0.717, 1.165) is 50.1 Å². The summed E-state index contributed by atoms with van der Waals surface area (Å²) < 4.78 is 12.6. The van der Waals surface area contributed by atoms with Gasteiger partial charge >= 0.3 is 0 Å². The lowest BCUT2D eigenvalue weighted by atomic mass is 10.0. The molecule has 45 heavy (non-hydrogen) atoms. The molecule has 0 aliphatic heterocycles. The van der Waals surface area contributed by atoms with E-state index in [1.54, 1.807) is 0 Å². The van der Waals surface area contributed by atoms with Gasteiger partial charge in [-0.05, 0) is 76.5 Å². The Morgan fingerprint density at radius 3 is 1.82 bits per heavy atom. The van der Waals surface area contributed by atoms with Crippen molar-refractivity contribution in [3.05, 3.63) is 158 Å². The van der Waals surface area contributed by atoms with E-state index < -0.39 is 0 Å². The van der Waals surface area contributed by atoms with E-state index >= 15 is 0 Å². The first kappa shape index (κ1) is 25.4. The second-order valence-corrected chi connectivity index (χ2v) is 11.3.